The van der Waals surface area contributed by atoms with E-state index in [2.05, 4.69) is 54.3 Å². The monoisotopic (exact) mass is 556 g/mol. The molecule has 2 aromatic carbocycles. The van der Waals surface area contributed by atoms with Gasteiger partial charge in [-0.1, -0.05) is 18.2 Å². The lowest BCUT2D eigenvalue weighted by Gasteiger charge is -2.26. The van der Waals surface area contributed by atoms with Gasteiger partial charge < -0.3 is 29.3 Å². The number of likely N-dealkylation sites (N-methyl/N-ethyl adjacent to an activating group) is 1. The van der Waals surface area contributed by atoms with Crippen molar-refractivity contribution < 1.29 is 14.2 Å². The molecule has 0 aliphatic carbocycles. The highest BCUT2D eigenvalue weighted by atomic mass is 127. The van der Waals surface area contributed by atoms with Crippen LogP contribution in [0.3, 0.4) is 0 Å². The van der Waals surface area contributed by atoms with E-state index < -0.39 is 0 Å². The van der Waals surface area contributed by atoms with Crippen molar-refractivity contribution in [2.75, 3.05) is 55.6 Å². The highest BCUT2D eigenvalue weighted by Gasteiger charge is 2.17. The minimum Gasteiger partial charge on any atom is -0.497 e. The van der Waals surface area contributed by atoms with Crippen LogP contribution in [0.4, 0.5) is 0 Å². The zero-order chi connectivity index (χ0) is 22.8. The topological polar surface area (TPSA) is 58.6 Å². The van der Waals surface area contributed by atoms with Gasteiger partial charge >= 0.3 is 0 Å². The van der Waals surface area contributed by atoms with E-state index in [1.165, 1.54) is 5.56 Å². The Balaban J connectivity index is 0.00000512. The summed E-state index contributed by atoms with van der Waals surface area (Å²) < 4.78 is 16.1. The van der Waals surface area contributed by atoms with Crippen LogP contribution in [-0.2, 0) is 6.54 Å². The lowest BCUT2D eigenvalue weighted by atomic mass is 10.1. The molecule has 0 aliphatic heterocycles. The standard InChI is InChI=1S/C24H36N4O3.HI/c1-8-25-24(28(4)17-18-9-12-20(29-5)13-10-18)26-16-21(27(2)3)19-11-14-22(30-6)23(15-19)31-7;/h9-15,21H,8,16-17H2,1-7H3,(H,25,26);1H. The van der Waals surface area contributed by atoms with Crippen LogP contribution in [0, 0.1) is 0 Å². The van der Waals surface area contributed by atoms with Crippen LogP contribution in [0.25, 0.3) is 0 Å². The van der Waals surface area contributed by atoms with Crippen molar-refractivity contribution in [1.82, 2.24) is 15.1 Å². The molecule has 1 N–H and O–H groups in total. The number of halogens is 1. The Bertz CT molecular complexity index is 844. The fraction of sp³-hybridized carbons (Fsp3) is 0.458. The third-order valence-corrected chi connectivity index (χ3v) is 5.10. The van der Waals surface area contributed by atoms with Gasteiger partial charge in [0.25, 0.3) is 0 Å². The maximum absolute atomic E-state index is 5.48. The zero-order valence-corrected chi connectivity index (χ0v) is 22.5. The Kier molecular flexibility index (Phi) is 12.2. The summed E-state index contributed by atoms with van der Waals surface area (Å²) in [6.45, 7) is 4.24. The van der Waals surface area contributed by atoms with Gasteiger partial charge in [0.2, 0.25) is 0 Å². The third-order valence-electron chi connectivity index (χ3n) is 5.10. The lowest BCUT2D eigenvalue weighted by molar-refractivity contribution is 0.302. The minimum absolute atomic E-state index is 0. The first-order chi connectivity index (χ1) is 14.9. The first kappa shape index (κ1) is 27.8. The van der Waals surface area contributed by atoms with Gasteiger partial charge in [0.15, 0.2) is 17.5 Å². The number of hydrogen-bond acceptors (Lipinski definition) is 5. The average Bonchev–Trinajstić information content (AvgIpc) is 2.78. The molecule has 0 spiro atoms. The highest BCUT2D eigenvalue weighted by Crippen LogP contribution is 2.31. The van der Waals surface area contributed by atoms with Gasteiger partial charge in [0, 0.05) is 20.1 Å². The number of rotatable bonds is 10. The van der Waals surface area contributed by atoms with Gasteiger partial charge in [-0.3, -0.25) is 4.99 Å². The number of hydrogen-bond donors (Lipinski definition) is 1. The summed E-state index contributed by atoms with van der Waals surface area (Å²) in [7, 11) is 11.1. The Labute approximate surface area is 209 Å². The molecule has 178 valence electrons. The molecule has 0 aliphatic rings. The second-order valence-corrected chi connectivity index (χ2v) is 7.49. The van der Waals surface area contributed by atoms with Crippen LogP contribution >= 0.6 is 24.0 Å². The molecule has 0 radical (unpaired) electrons. The molecule has 0 fully saturated rings. The molecule has 0 saturated heterocycles. The van der Waals surface area contributed by atoms with Crippen molar-refractivity contribution in [3.8, 4) is 17.2 Å². The molecule has 0 saturated carbocycles. The summed E-state index contributed by atoms with van der Waals surface area (Å²) in [4.78, 5) is 9.23. The minimum atomic E-state index is 0. The number of nitrogens with one attached hydrogen (secondary N) is 1. The van der Waals surface area contributed by atoms with E-state index in [4.69, 9.17) is 19.2 Å². The average molecular weight is 556 g/mol. The molecular formula is C24H37IN4O3. The second-order valence-electron chi connectivity index (χ2n) is 7.49. The van der Waals surface area contributed by atoms with E-state index in [0.29, 0.717) is 6.54 Å². The van der Waals surface area contributed by atoms with Gasteiger partial charge in [0.1, 0.15) is 5.75 Å². The predicted molar refractivity (Wildman–Crippen MR) is 142 cm³/mol. The summed E-state index contributed by atoms with van der Waals surface area (Å²) in [6, 6.07) is 14.2. The first-order valence-electron chi connectivity index (χ1n) is 10.4. The molecular weight excluding hydrogens is 519 g/mol. The molecule has 8 heteroatoms. The first-order valence-corrected chi connectivity index (χ1v) is 10.4. The van der Waals surface area contributed by atoms with E-state index in [0.717, 1.165) is 41.9 Å². The van der Waals surface area contributed by atoms with Gasteiger partial charge in [0.05, 0.1) is 33.9 Å². The largest absolute Gasteiger partial charge is 0.497 e. The Morgan fingerprint density at radius 2 is 1.59 bits per heavy atom. The third kappa shape index (κ3) is 7.74. The predicted octanol–water partition coefficient (Wildman–Crippen LogP) is 4.03. The van der Waals surface area contributed by atoms with Gasteiger partial charge in [-0.2, -0.15) is 0 Å². The Morgan fingerprint density at radius 1 is 0.938 bits per heavy atom. The molecule has 0 bridgehead atoms. The van der Waals surface area contributed by atoms with Crippen molar-refractivity contribution in [2.45, 2.75) is 19.5 Å². The number of guanidine groups is 1. The Hall–Kier alpha value is -2.20. The maximum atomic E-state index is 5.48. The molecule has 0 heterocycles. The smallest absolute Gasteiger partial charge is 0.194 e. The van der Waals surface area contributed by atoms with E-state index >= 15 is 0 Å². The van der Waals surface area contributed by atoms with Crippen LogP contribution in [0.5, 0.6) is 17.2 Å². The number of ether oxygens (including phenoxy) is 3. The van der Waals surface area contributed by atoms with Crippen molar-refractivity contribution in [3.63, 3.8) is 0 Å². The van der Waals surface area contributed by atoms with Crippen LogP contribution in [-0.4, -0.2) is 71.3 Å². The molecule has 2 aromatic rings. The summed E-state index contributed by atoms with van der Waals surface area (Å²) >= 11 is 0. The van der Waals surface area contributed by atoms with Gasteiger partial charge in [-0.25, -0.2) is 0 Å². The summed E-state index contributed by atoms with van der Waals surface area (Å²) in [6.07, 6.45) is 0. The lowest BCUT2D eigenvalue weighted by Crippen LogP contribution is -2.39. The van der Waals surface area contributed by atoms with E-state index in [-0.39, 0.29) is 30.0 Å². The SMILES string of the molecule is CCNC(=NCC(c1ccc(OC)c(OC)c1)N(C)C)N(C)Cc1ccc(OC)cc1.I. The molecule has 2 rings (SSSR count). The molecule has 1 unspecified atom stereocenters. The molecule has 0 amide bonds. The number of aliphatic imine (C=N–C) groups is 1. The van der Waals surface area contributed by atoms with Crippen LogP contribution in [0.1, 0.15) is 24.1 Å². The van der Waals surface area contributed by atoms with E-state index in [9.17, 15) is 0 Å². The van der Waals surface area contributed by atoms with Gasteiger partial charge in [-0.15, -0.1) is 24.0 Å². The molecule has 32 heavy (non-hydrogen) atoms. The van der Waals surface area contributed by atoms with Gasteiger partial charge in [-0.05, 0) is 56.4 Å². The van der Waals surface area contributed by atoms with Crippen molar-refractivity contribution >= 4 is 29.9 Å². The fourth-order valence-electron chi connectivity index (χ4n) is 3.35. The normalized spacial score (nSPS) is 12.1. The molecule has 0 aromatic heterocycles. The molecule has 1 atom stereocenters. The van der Waals surface area contributed by atoms with Crippen molar-refractivity contribution in [3.05, 3.63) is 53.6 Å². The zero-order valence-electron chi connectivity index (χ0n) is 20.2. The van der Waals surface area contributed by atoms with Crippen LogP contribution in [0.15, 0.2) is 47.5 Å². The highest BCUT2D eigenvalue weighted by molar-refractivity contribution is 14.0. The maximum Gasteiger partial charge on any atom is 0.194 e. The number of benzene rings is 2. The van der Waals surface area contributed by atoms with E-state index in [1.807, 2.05) is 31.3 Å². The quantitative estimate of drug-likeness (QED) is 0.271. The number of nitrogens with zero attached hydrogens (tertiary/aromatic N) is 3. The molecule has 7 nitrogen and oxygen atoms in total. The fourth-order valence-corrected chi connectivity index (χ4v) is 3.35. The van der Waals surface area contributed by atoms with Crippen LogP contribution < -0.4 is 19.5 Å². The van der Waals surface area contributed by atoms with E-state index in [1.54, 1.807) is 21.3 Å². The second kappa shape index (κ2) is 14.1. The summed E-state index contributed by atoms with van der Waals surface area (Å²) in [5, 5.41) is 3.40. The van der Waals surface area contributed by atoms with Crippen molar-refractivity contribution in [1.29, 1.82) is 0 Å². The number of methoxy groups -OCH3 is 3. The summed E-state index contributed by atoms with van der Waals surface area (Å²) in [5.41, 5.74) is 2.32. The Morgan fingerprint density at radius 3 is 2.12 bits per heavy atom. The van der Waals surface area contributed by atoms with Crippen molar-refractivity contribution in [2.24, 2.45) is 4.99 Å². The van der Waals surface area contributed by atoms with Crippen LogP contribution in [0.2, 0.25) is 0 Å². The summed E-state index contributed by atoms with van der Waals surface area (Å²) in [5.74, 6) is 3.17.